The Morgan fingerprint density at radius 1 is 1.19 bits per heavy atom. The topological polar surface area (TPSA) is 78.3 Å². The van der Waals surface area contributed by atoms with Crippen molar-refractivity contribution in [1.82, 2.24) is 20.1 Å². The van der Waals surface area contributed by atoms with Crippen LogP contribution in [-0.4, -0.2) is 34.0 Å². The van der Waals surface area contributed by atoms with Crippen LogP contribution >= 0.6 is 34.8 Å². The van der Waals surface area contributed by atoms with Gasteiger partial charge >= 0.3 is 6.09 Å². The van der Waals surface area contributed by atoms with E-state index in [4.69, 9.17) is 44.3 Å². The summed E-state index contributed by atoms with van der Waals surface area (Å²) in [7, 11) is 1.48. The van der Waals surface area contributed by atoms with Crippen molar-refractivity contribution in [2.75, 3.05) is 7.05 Å². The summed E-state index contributed by atoms with van der Waals surface area (Å²) in [6, 6.07) is 2.97. The lowest BCUT2D eigenvalue weighted by Crippen LogP contribution is -2.44. The Morgan fingerprint density at radius 2 is 1.85 bits per heavy atom. The Labute approximate surface area is 166 Å². The van der Waals surface area contributed by atoms with Gasteiger partial charge in [0.2, 0.25) is 6.23 Å². The number of aromatic nitrogens is 3. The molecule has 0 bridgehead atoms. The first-order valence-corrected chi connectivity index (χ1v) is 8.80. The summed E-state index contributed by atoms with van der Waals surface area (Å²) >= 11 is 18.3. The van der Waals surface area contributed by atoms with Gasteiger partial charge in [-0.2, -0.15) is 5.10 Å². The average molecular weight is 422 g/mol. The number of halogens is 3. The van der Waals surface area contributed by atoms with Gasteiger partial charge in [-0.25, -0.2) is 14.5 Å². The van der Waals surface area contributed by atoms with Gasteiger partial charge in [0.25, 0.3) is 0 Å². The first kappa shape index (κ1) is 20.6. The molecule has 7 nitrogen and oxygen atoms in total. The van der Waals surface area contributed by atoms with Crippen LogP contribution in [0.15, 0.2) is 24.8 Å². The number of benzene rings is 1. The second-order valence-corrected chi connectivity index (χ2v) is 7.74. The molecule has 0 spiro atoms. The fraction of sp³-hybridized carbons (Fsp3) is 0.438. The van der Waals surface area contributed by atoms with Gasteiger partial charge in [0, 0.05) is 18.5 Å². The molecule has 2 aromatic rings. The molecule has 0 aliphatic carbocycles. The van der Waals surface area contributed by atoms with Gasteiger partial charge in [0.15, 0.2) is 6.10 Å². The van der Waals surface area contributed by atoms with Crippen molar-refractivity contribution in [3.63, 3.8) is 0 Å². The lowest BCUT2D eigenvalue weighted by atomic mass is 9.87. The number of carbonyl (C=O) groups is 1. The standard InChI is InChI=1S/C16H19Cl3N4O3/c1-16(2,3)13(26-15(24)20-4)14(23-8-21-7-22-23)25-12-6-10(18)9(17)5-11(12)19/h5-8,13-14H,1-4H3,(H,20,24). The minimum absolute atomic E-state index is 0.261. The molecule has 1 heterocycles. The molecule has 26 heavy (non-hydrogen) atoms. The molecule has 2 rings (SSSR count). The van der Waals surface area contributed by atoms with Crippen molar-refractivity contribution in [3.05, 3.63) is 39.9 Å². The lowest BCUT2D eigenvalue weighted by Gasteiger charge is -2.36. The Morgan fingerprint density at radius 3 is 2.38 bits per heavy atom. The van der Waals surface area contributed by atoms with Crippen molar-refractivity contribution in [2.24, 2.45) is 5.41 Å². The maximum absolute atomic E-state index is 11.9. The zero-order chi connectivity index (χ0) is 19.5. The van der Waals surface area contributed by atoms with E-state index >= 15 is 0 Å². The van der Waals surface area contributed by atoms with Crippen LogP contribution < -0.4 is 10.1 Å². The van der Waals surface area contributed by atoms with E-state index in [1.165, 1.54) is 36.5 Å². The number of carbonyl (C=O) groups excluding carboxylic acids is 1. The van der Waals surface area contributed by atoms with Gasteiger partial charge in [0.1, 0.15) is 18.4 Å². The van der Waals surface area contributed by atoms with Crippen LogP contribution in [0.4, 0.5) is 4.79 Å². The van der Waals surface area contributed by atoms with Crippen molar-refractivity contribution in [1.29, 1.82) is 0 Å². The number of nitrogens with zero attached hydrogens (tertiary/aromatic N) is 3. The molecular weight excluding hydrogens is 403 g/mol. The molecule has 1 N–H and O–H groups in total. The van der Waals surface area contributed by atoms with E-state index < -0.39 is 23.8 Å². The molecule has 0 saturated carbocycles. The van der Waals surface area contributed by atoms with E-state index in [0.717, 1.165) is 0 Å². The molecular formula is C16H19Cl3N4O3. The van der Waals surface area contributed by atoms with Gasteiger partial charge < -0.3 is 14.8 Å². The fourth-order valence-electron chi connectivity index (χ4n) is 2.16. The highest BCUT2D eigenvalue weighted by Crippen LogP contribution is 2.38. The summed E-state index contributed by atoms with van der Waals surface area (Å²) in [6.07, 6.45) is 0.646. The monoisotopic (exact) mass is 420 g/mol. The highest BCUT2D eigenvalue weighted by Gasteiger charge is 2.39. The third-order valence-corrected chi connectivity index (χ3v) is 4.49. The lowest BCUT2D eigenvalue weighted by molar-refractivity contribution is -0.0789. The average Bonchev–Trinajstić information content (AvgIpc) is 3.08. The minimum atomic E-state index is -0.843. The number of nitrogens with one attached hydrogen (secondary N) is 1. The van der Waals surface area contributed by atoms with Gasteiger partial charge in [-0.1, -0.05) is 55.6 Å². The smallest absolute Gasteiger partial charge is 0.407 e. The summed E-state index contributed by atoms with van der Waals surface area (Å²) in [5.74, 6) is 0.274. The quantitative estimate of drug-likeness (QED) is 0.715. The molecule has 10 heteroatoms. The van der Waals surface area contributed by atoms with Crippen molar-refractivity contribution >= 4 is 40.9 Å². The SMILES string of the molecule is CNC(=O)OC(C(Oc1cc(Cl)c(Cl)cc1Cl)n1cncn1)C(C)(C)C. The molecule has 0 aliphatic heterocycles. The van der Waals surface area contributed by atoms with E-state index in [1.807, 2.05) is 20.8 Å². The maximum Gasteiger partial charge on any atom is 0.407 e. The maximum atomic E-state index is 11.9. The summed E-state index contributed by atoms with van der Waals surface area (Å²) in [5.41, 5.74) is -0.494. The van der Waals surface area contributed by atoms with Crippen LogP contribution in [0, 0.1) is 5.41 Å². The van der Waals surface area contributed by atoms with E-state index in [9.17, 15) is 4.79 Å². The third kappa shape index (κ3) is 4.93. The highest BCUT2D eigenvalue weighted by molar-refractivity contribution is 6.43. The Bertz CT molecular complexity index is 763. The van der Waals surface area contributed by atoms with Gasteiger partial charge in [-0.05, 0) is 6.07 Å². The van der Waals surface area contributed by atoms with Gasteiger partial charge in [0.05, 0.1) is 15.1 Å². The molecule has 1 aromatic heterocycles. The van der Waals surface area contributed by atoms with Crippen LogP contribution in [0.1, 0.15) is 27.0 Å². The molecule has 0 radical (unpaired) electrons. The van der Waals surface area contributed by atoms with Crippen molar-refractivity contribution in [3.8, 4) is 5.75 Å². The van der Waals surface area contributed by atoms with E-state index in [0.29, 0.717) is 5.02 Å². The van der Waals surface area contributed by atoms with Crippen LogP contribution in [-0.2, 0) is 4.74 Å². The molecule has 1 amide bonds. The number of alkyl carbamates (subject to hydrolysis) is 1. The number of rotatable bonds is 5. The van der Waals surface area contributed by atoms with E-state index in [2.05, 4.69) is 15.4 Å². The second-order valence-electron chi connectivity index (χ2n) is 6.52. The number of hydrogen-bond acceptors (Lipinski definition) is 5. The van der Waals surface area contributed by atoms with Crippen molar-refractivity contribution in [2.45, 2.75) is 33.1 Å². The highest BCUT2D eigenvalue weighted by atomic mass is 35.5. The summed E-state index contributed by atoms with van der Waals surface area (Å²) in [5, 5.41) is 7.39. The third-order valence-electron chi connectivity index (χ3n) is 3.47. The molecule has 0 aliphatic rings. The van der Waals surface area contributed by atoms with Crippen molar-refractivity contribution < 1.29 is 14.3 Å². The fourth-order valence-corrected chi connectivity index (χ4v) is 2.75. The number of ether oxygens (including phenoxy) is 2. The van der Waals surface area contributed by atoms with Gasteiger partial charge in [-0.15, -0.1) is 0 Å². The zero-order valence-corrected chi connectivity index (χ0v) is 16.9. The van der Waals surface area contributed by atoms with Crippen LogP contribution in [0.2, 0.25) is 15.1 Å². The van der Waals surface area contributed by atoms with E-state index in [1.54, 1.807) is 0 Å². The predicted octanol–water partition coefficient (Wildman–Crippen LogP) is 4.59. The first-order valence-electron chi connectivity index (χ1n) is 7.67. The first-order chi connectivity index (χ1) is 12.1. The predicted molar refractivity (Wildman–Crippen MR) is 99.9 cm³/mol. The summed E-state index contributed by atoms with van der Waals surface area (Å²) < 4.78 is 13.0. The second kappa shape index (κ2) is 8.33. The summed E-state index contributed by atoms with van der Waals surface area (Å²) in [4.78, 5) is 15.8. The van der Waals surface area contributed by atoms with Crippen LogP contribution in [0.25, 0.3) is 0 Å². The number of hydrogen-bond donors (Lipinski definition) is 1. The summed E-state index contributed by atoms with van der Waals surface area (Å²) in [6.45, 7) is 5.72. The largest absolute Gasteiger partial charge is 0.463 e. The molecule has 142 valence electrons. The molecule has 0 fully saturated rings. The Balaban J connectivity index is 2.46. The molecule has 2 unspecified atom stereocenters. The minimum Gasteiger partial charge on any atom is -0.463 e. The molecule has 2 atom stereocenters. The molecule has 0 saturated heterocycles. The molecule has 1 aromatic carbocycles. The van der Waals surface area contributed by atoms with Crippen LogP contribution in [0.5, 0.6) is 5.75 Å². The zero-order valence-electron chi connectivity index (χ0n) is 14.7. The Hall–Kier alpha value is -1.70. The normalized spacial score (nSPS) is 13.8. The number of amides is 1. The van der Waals surface area contributed by atoms with Gasteiger partial charge in [-0.3, -0.25) is 0 Å². The van der Waals surface area contributed by atoms with E-state index in [-0.39, 0.29) is 15.8 Å². The Kier molecular flexibility index (Phi) is 6.60. The van der Waals surface area contributed by atoms with Crippen LogP contribution in [0.3, 0.4) is 0 Å².